The third-order valence-corrected chi connectivity index (χ3v) is 4.85. The molecule has 1 aromatic heterocycles. The first kappa shape index (κ1) is 15.7. The van der Waals surface area contributed by atoms with Gasteiger partial charge in [0.15, 0.2) is 4.34 Å². The van der Waals surface area contributed by atoms with Crippen molar-refractivity contribution in [1.29, 1.82) is 0 Å². The molecule has 0 amide bonds. The highest BCUT2D eigenvalue weighted by atomic mass is 32.2. The summed E-state index contributed by atoms with van der Waals surface area (Å²) >= 11 is 2.36. The zero-order valence-electron chi connectivity index (χ0n) is 10.9. The summed E-state index contributed by atoms with van der Waals surface area (Å²) in [4.78, 5) is 15.3. The highest BCUT2D eigenvalue weighted by Crippen LogP contribution is 2.32. The van der Waals surface area contributed by atoms with E-state index in [-0.39, 0.29) is 10.6 Å². The zero-order valence-corrected chi connectivity index (χ0v) is 12.5. The van der Waals surface area contributed by atoms with Gasteiger partial charge in [0, 0.05) is 11.3 Å². The first-order valence-corrected chi connectivity index (χ1v) is 7.64. The van der Waals surface area contributed by atoms with Crippen LogP contribution in [0.2, 0.25) is 0 Å². The van der Waals surface area contributed by atoms with Gasteiger partial charge in [-0.25, -0.2) is 9.78 Å². The van der Waals surface area contributed by atoms with Crippen molar-refractivity contribution in [2.45, 2.75) is 23.6 Å². The molecule has 1 heterocycles. The van der Waals surface area contributed by atoms with Gasteiger partial charge in [-0.05, 0) is 13.0 Å². The number of carboxylic acid groups (broad SMARTS) is 1. The summed E-state index contributed by atoms with van der Waals surface area (Å²) in [5, 5.41) is 8.97. The fraction of sp³-hybridized carbons (Fsp3) is 0.231. The van der Waals surface area contributed by atoms with E-state index in [9.17, 15) is 13.6 Å². The Bertz CT molecular complexity index is 646. The number of hydrogen-bond acceptors (Lipinski definition) is 5. The van der Waals surface area contributed by atoms with E-state index in [0.29, 0.717) is 21.3 Å². The van der Waals surface area contributed by atoms with Gasteiger partial charge in [-0.2, -0.15) is 8.78 Å². The van der Waals surface area contributed by atoms with Crippen molar-refractivity contribution in [3.05, 3.63) is 40.4 Å². The number of ether oxygens (including phenoxy) is 1. The molecule has 2 rings (SSSR count). The molecular weight excluding hydrogens is 320 g/mol. The van der Waals surface area contributed by atoms with Crippen LogP contribution in [-0.2, 0) is 5.75 Å². The van der Waals surface area contributed by atoms with Crippen LogP contribution in [0.4, 0.5) is 8.78 Å². The van der Waals surface area contributed by atoms with E-state index >= 15 is 0 Å². The molecule has 0 saturated heterocycles. The average molecular weight is 331 g/mol. The van der Waals surface area contributed by atoms with E-state index < -0.39 is 12.6 Å². The first-order valence-electron chi connectivity index (χ1n) is 5.83. The van der Waals surface area contributed by atoms with Crippen LogP contribution in [-0.4, -0.2) is 22.7 Å². The van der Waals surface area contributed by atoms with E-state index in [0.717, 1.165) is 11.3 Å². The second kappa shape index (κ2) is 6.86. The van der Waals surface area contributed by atoms with Gasteiger partial charge in [0.05, 0.1) is 5.69 Å². The second-order valence-corrected chi connectivity index (χ2v) is 6.20. The Morgan fingerprint density at radius 2 is 2.19 bits per heavy atom. The summed E-state index contributed by atoms with van der Waals surface area (Å²) in [5.74, 6) is -0.528. The van der Waals surface area contributed by atoms with E-state index in [1.807, 2.05) is 0 Å². The van der Waals surface area contributed by atoms with Gasteiger partial charge < -0.3 is 9.84 Å². The number of aryl methyl sites for hydroxylation is 1. The number of carbonyl (C=O) groups is 1. The molecule has 8 heteroatoms. The van der Waals surface area contributed by atoms with Crippen molar-refractivity contribution in [2.24, 2.45) is 0 Å². The Labute approximate surface area is 127 Å². The maximum absolute atomic E-state index is 12.3. The van der Waals surface area contributed by atoms with E-state index in [1.165, 1.54) is 17.8 Å². The Kier molecular flexibility index (Phi) is 5.13. The van der Waals surface area contributed by atoms with Crippen LogP contribution in [0.5, 0.6) is 5.75 Å². The molecule has 21 heavy (non-hydrogen) atoms. The third-order valence-electron chi connectivity index (χ3n) is 2.51. The van der Waals surface area contributed by atoms with Crippen LogP contribution in [0.25, 0.3) is 0 Å². The molecule has 0 unspecified atom stereocenters. The summed E-state index contributed by atoms with van der Waals surface area (Å²) in [7, 11) is 0. The Balaban J connectivity index is 2.09. The smallest absolute Gasteiger partial charge is 0.387 e. The molecule has 0 aliphatic rings. The normalized spacial score (nSPS) is 10.9. The molecule has 0 bridgehead atoms. The number of rotatable bonds is 6. The molecule has 0 fully saturated rings. The number of carboxylic acids is 1. The van der Waals surface area contributed by atoms with Gasteiger partial charge in [0.2, 0.25) is 0 Å². The predicted octanol–water partition coefficient (Wildman–Crippen LogP) is 4.04. The number of benzene rings is 1. The number of halogens is 2. The summed E-state index contributed by atoms with van der Waals surface area (Å²) < 4.78 is 29.6. The molecule has 0 saturated carbocycles. The molecule has 2 aromatic rings. The topological polar surface area (TPSA) is 59.4 Å². The number of para-hydroxylation sites is 1. The molecule has 0 radical (unpaired) electrons. The molecule has 0 aliphatic carbocycles. The van der Waals surface area contributed by atoms with Gasteiger partial charge in [-0.3, -0.25) is 0 Å². The highest BCUT2D eigenvalue weighted by Gasteiger charge is 2.15. The molecule has 1 aromatic carbocycles. The summed E-state index contributed by atoms with van der Waals surface area (Å²) in [6, 6.07) is 6.49. The predicted molar refractivity (Wildman–Crippen MR) is 76.4 cm³/mol. The molecule has 112 valence electrons. The number of alkyl halides is 2. The highest BCUT2D eigenvalue weighted by molar-refractivity contribution is 8.00. The average Bonchev–Trinajstić information content (AvgIpc) is 2.78. The first-order chi connectivity index (χ1) is 9.97. The standard InChI is InChI=1S/C13H11F2NO3S2/c1-7-10(11(17)18)21-13(16-7)20-6-8-4-2-3-5-9(8)19-12(14)15/h2-5,12H,6H2,1H3,(H,17,18). The lowest BCUT2D eigenvalue weighted by atomic mass is 10.2. The van der Waals surface area contributed by atoms with Gasteiger partial charge in [0.25, 0.3) is 0 Å². The van der Waals surface area contributed by atoms with E-state index in [1.54, 1.807) is 25.1 Å². The van der Waals surface area contributed by atoms with Crippen LogP contribution >= 0.6 is 23.1 Å². The maximum atomic E-state index is 12.3. The largest absolute Gasteiger partial charge is 0.477 e. The van der Waals surface area contributed by atoms with Gasteiger partial charge in [0.1, 0.15) is 10.6 Å². The number of nitrogens with zero attached hydrogens (tertiary/aromatic N) is 1. The second-order valence-electron chi connectivity index (χ2n) is 3.97. The molecular formula is C13H11F2NO3S2. The fourth-order valence-electron chi connectivity index (χ4n) is 1.61. The van der Waals surface area contributed by atoms with Crippen molar-refractivity contribution in [3.63, 3.8) is 0 Å². The Morgan fingerprint density at radius 1 is 1.48 bits per heavy atom. The lowest BCUT2D eigenvalue weighted by Crippen LogP contribution is -2.03. The summed E-state index contributed by atoms with van der Waals surface area (Å²) in [6.45, 7) is -1.26. The van der Waals surface area contributed by atoms with Crippen molar-refractivity contribution in [3.8, 4) is 5.75 Å². The molecule has 4 nitrogen and oxygen atoms in total. The summed E-state index contributed by atoms with van der Waals surface area (Å²) in [6.07, 6.45) is 0. The third kappa shape index (κ3) is 4.15. The number of thiazole rings is 1. The van der Waals surface area contributed by atoms with Crippen molar-refractivity contribution in [2.75, 3.05) is 0 Å². The quantitative estimate of drug-likeness (QED) is 0.810. The molecule has 0 atom stereocenters. The minimum atomic E-state index is -2.88. The molecule has 1 N–H and O–H groups in total. The van der Waals surface area contributed by atoms with E-state index in [2.05, 4.69) is 9.72 Å². The van der Waals surface area contributed by atoms with Gasteiger partial charge in [-0.15, -0.1) is 11.3 Å². The zero-order chi connectivity index (χ0) is 15.4. The number of aromatic nitrogens is 1. The Morgan fingerprint density at radius 3 is 2.81 bits per heavy atom. The molecule has 0 spiro atoms. The van der Waals surface area contributed by atoms with Crippen LogP contribution < -0.4 is 4.74 Å². The summed E-state index contributed by atoms with van der Waals surface area (Å²) in [5.41, 5.74) is 1.06. The maximum Gasteiger partial charge on any atom is 0.387 e. The van der Waals surface area contributed by atoms with Crippen LogP contribution in [0, 0.1) is 6.92 Å². The van der Waals surface area contributed by atoms with Crippen LogP contribution in [0.1, 0.15) is 20.9 Å². The SMILES string of the molecule is Cc1nc(SCc2ccccc2OC(F)F)sc1C(=O)O. The Hall–Kier alpha value is -1.67. The van der Waals surface area contributed by atoms with Gasteiger partial charge in [-0.1, -0.05) is 30.0 Å². The van der Waals surface area contributed by atoms with Crippen molar-refractivity contribution in [1.82, 2.24) is 4.98 Å². The van der Waals surface area contributed by atoms with Crippen LogP contribution in [0.15, 0.2) is 28.6 Å². The fourth-order valence-corrected chi connectivity index (χ4v) is 3.62. The molecule has 0 aliphatic heterocycles. The van der Waals surface area contributed by atoms with Gasteiger partial charge >= 0.3 is 12.6 Å². The minimum absolute atomic E-state index is 0.117. The van der Waals surface area contributed by atoms with Crippen molar-refractivity contribution < 1.29 is 23.4 Å². The van der Waals surface area contributed by atoms with Crippen molar-refractivity contribution >= 4 is 29.1 Å². The minimum Gasteiger partial charge on any atom is -0.477 e. The number of aromatic carboxylic acids is 1. The lowest BCUT2D eigenvalue weighted by molar-refractivity contribution is -0.0503. The van der Waals surface area contributed by atoms with E-state index in [4.69, 9.17) is 5.11 Å². The number of thioether (sulfide) groups is 1. The van der Waals surface area contributed by atoms with Crippen LogP contribution in [0.3, 0.4) is 0 Å². The number of hydrogen-bond donors (Lipinski definition) is 1. The lowest BCUT2D eigenvalue weighted by Gasteiger charge is -2.09. The monoisotopic (exact) mass is 331 g/mol.